The summed E-state index contributed by atoms with van der Waals surface area (Å²) >= 11 is 0. The minimum absolute atomic E-state index is 0.0105. The Morgan fingerprint density at radius 3 is 2.17 bits per heavy atom. The van der Waals surface area contributed by atoms with Gasteiger partial charge in [0.2, 0.25) is 0 Å². The first-order valence-corrected chi connectivity index (χ1v) is 14.1. The van der Waals surface area contributed by atoms with Crippen LogP contribution in [0.15, 0.2) is 30.4 Å². The highest BCUT2D eigenvalue weighted by molar-refractivity contribution is 6.74. The van der Waals surface area contributed by atoms with Crippen molar-refractivity contribution in [2.75, 3.05) is 14.2 Å². The molecule has 0 aromatic heterocycles. The fraction of sp³-hybridized carbons (Fsp3) is 0.640. The van der Waals surface area contributed by atoms with Crippen LogP contribution >= 0.6 is 0 Å². The molecule has 0 spiro atoms. The smallest absolute Gasteiger partial charge is 0.192 e. The van der Waals surface area contributed by atoms with E-state index in [1.54, 1.807) is 14.2 Å². The summed E-state index contributed by atoms with van der Waals surface area (Å²) in [5.41, 5.74) is 1.06. The first-order valence-electron chi connectivity index (χ1n) is 11.2. The maximum atomic E-state index is 12.5. The SMILES string of the molecule is COc1cc(OC)cc([C@H]2C=C[C@H]3CCC[C@H](O[Si](C)(C)C(C)(C)C)[C@@H]3[C@H]2C=O)c1. The Morgan fingerprint density at radius 2 is 1.63 bits per heavy atom. The van der Waals surface area contributed by atoms with Gasteiger partial charge in [0, 0.05) is 29.9 Å². The maximum absolute atomic E-state index is 12.5. The van der Waals surface area contributed by atoms with Crippen molar-refractivity contribution in [3.63, 3.8) is 0 Å². The van der Waals surface area contributed by atoms with Gasteiger partial charge < -0.3 is 18.7 Å². The summed E-state index contributed by atoms with van der Waals surface area (Å²) in [6, 6.07) is 5.93. The molecule has 1 fully saturated rings. The zero-order valence-corrected chi connectivity index (χ0v) is 20.6. The lowest BCUT2D eigenvalue weighted by Gasteiger charge is -2.49. The molecule has 0 radical (unpaired) electrons. The summed E-state index contributed by atoms with van der Waals surface area (Å²) in [5, 5.41) is 0.153. The number of hydrogen-bond donors (Lipinski definition) is 0. The van der Waals surface area contributed by atoms with Crippen molar-refractivity contribution in [2.45, 2.75) is 70.2 Å². The second kappa shape index (κ2) is 8.87. The third kappa shape index (κ3) is 4.52. The number of carbonyl (C=O) groups is 1. The van der Waals surface area contributed by atoms with E-state index in [0.717, 1.165) is 36.3 Å². The van der Waals surface area contributed by atoms with E-state index in [1.165, 1.54) is 6.29 Å². The van der Waals surface area contributed by atoms with E-state index in [-0.39, 0.29) is 28.9 Å². The summed E-state index contributed by atoms with van der Waals surface area (Å²) in [4.78, 5) is 12.5. The highest BCUT2D eigenvalue weighted by Gasteiger charge is 2.47. The molecule has 0 amide bonds. The Bertz CT molecular complexity index is 758. The molecule has 0 aliphatic heterocycles. The van der Waals surface area contributed by atoms with Gasteiger partial charge in [-0.25, -0.2) is 0 Å². The molecular formula is C25H38O4Si. The summed E-state index contributed by atoms with van der Waals surface area (Å²) in [6.07, 6.45) is 9.21. The highest BCUT2D eigenvalue weighted by atomic mass is 28.4. The zero-order chi connectivity index (χ0) is 22.1. The van der Waals surface area contributed by atoms with Crippen LogP contribution in [-0.2, 0) is 9.22 Å². The molecule has 5 heteroatoms. The number of methoxy groups -OCH3 is 2. The molecule has 1 aromatic rings. The van der Waals surface area contributed by atoms with Crippen molar-refractivity contribution in [3.8, 4) is 11.5 Å². The van der Waals surface area contributed by atoms with Crippen LogP contribution in [-0.4, -0.2) is 34.9 Å². The fourth-order valence-electron chi connectivity index (χ4n) is 4.83. The Kier molecular flexibility index (Phi) is 6.83. The first kappa shape index (κ1) is 23.1. The van der Waals surface area contributed by atoms with Crippen LogP contribution in [0.3, 0.4) is 0 Å². The largest absolute Gasteiger partial charge is 0.497 e. The van der Waals surface area contributed by atoms with Gasteiger partial charge >= 0.3 is 0 Å². The van der Waals surface area contributed by atoms with Gasteiger partial charge in [-0.2, -0.15) is 0 Å². The number of rotatable bonds is 6. The predicted octanol–water partition coefficient (Wildman–Crippen LogP) is 5.98. The van der Waals surface area contributed by atoms with Crippen LogP contribution in [0, 0.1) is 17.8 Å². The summed E-state index contributed by atoms with van der Waals surface area (Å²) in [7, 11) is 1.40. The minimum atomic E-state index is -1.92. The number of benzene rings is 1. The van der Waals surface area contributed by atoms with Gasteiger partial charge in [-0.15, -0.1) is 0 Å². The average molecular weight is 431 g/mol. The Morgan fingerprint density at radius 1 is 1.00 bits per heavy atom. The van der Waals surface area contributed by atoms with E-state index < -0.39 is 8.32 Å². The van der Waals surface area contributed by atoms with E-state index in [0.29, 0.717) is 5.92 Å². The molecule has 2 aliphatic rings. The molecule has 30 heavy (non-hydrogen) atoms. The molecule has 166 valence electrons. The van der Waals surface area contributed by atoms with Gasteiger partial charge in [0.1, 0.15) is 17.8 Å². The van der Waals surface area contributed by atoms with Gasteiger partial charge in [0.25, 0.3) is 0 Å². The zero-order valence-electron chi connectivity index (χ0n) is 19.6. The summed E-state index contributed by atoms with van der Waals surface area (Å²) in [5.74, 6) is 2.04. The van der Waals surface area contributed by atoms with Crippen molar-refractivity contribution in [2.24, 2.45) is 17.8 Å². The van der Waals surface area contributed by atoms with Gasteiger partial charge in [-0.3, -0.25) is 0 Å². The van der Waals surface area contributed by atoms with Crippen LogP contribution in [0.1, 0.15) is 51.5 Å². The Hall–Kier alpha value is -1.59. The lowest BCUT2D eigenvalue weighted by atomic mass is 9.63. The Labute approximate surface area is 183 Å². The molecule has 3 rings (SSSR count). The third-order valence-electron chi connectivity index (χ3n) is 7.54. The molecule has 0 bridgehead atoms. The van der Waals surface area contributed by atoms with Crippen LogP contribution in [0.2, 0.25) is 18.1 Å². The molecule has 2 aliphatic carbocycles. The molecule has 5 atom stereocenters. The van der Waals surface area contributed by atoms with Crippen molar-refractivity contribution < 1.29 is 18.7 Å². The summed E-state index contributed by atoms with van der Waals surface area (Å²) in [6.45, 7) is 11.5. The topological polar surface area (TPSA) is 44.8 Å². The predicted molar refractivity (Wildman–Crippen MR) is 124 cm³/mol. The van der Waals surface area contributed by atoms with Crippen molar-refractivity contribution in [3.05, 3.63) is 35.9 Å². The second-order valence-corrected chi connectivity index (χ2v) is 15.1. The lowest BCUT2D eigenvalue weighted by Crippen LogP contribution is -2.51. The Balaban J connectivity index is 1.96. The molecule has 4 nitrogen and oxygen atoms in total. The maximum Gasteiger partial charge on any atom is 0.192 e. The van der Waals surface area contributed by atoms with Crippen molar-refractivity contribution in [1.29, 1.82) is 0 Å². The van der Waals surface area contributed by atoms with Gasteiger partial charge in [-0.1, -0.05) is 39.3 Å². The van der Waals surface area contributed by atoms with Gasteiger partial charge in [-0.05, 0) is 54.6 Å². The minimum Gasteiger partial charge on any atom is -0.497 e. The molecule has 1 aromatic carbocycles. The molecule has 1 saturated carbocycles. The number of hydrogen-bond acceptors (Lipinski definition) is 4. The molecule has 0 N–H and O–H groups in total. The van der Waals surface area contributed by atoms with E-state index in [2.05, 4.69) is 46.0 Å². The molecule has 0 heterocycles. The second-order valence-electron chi connectivity index (χ2n) is 10.4. The van der Waals surface area contributed by atoms with Crippen molar-refractivity contribution >= 4 is 14.6 Å². The van der Waals surface area contributed by atoms with Gasteiger partial charge in [0.05, 0.1) is 14.2 Å². The fourth-order valence-corrected chi connectivity index (χ4v) is 6.21. The molecule has 0 saturated heterocycles. The van der Waals surface area contributed by atoms with Crippen LogP contribution < -0.4 is 9.47 Å². The van der Waals surface area contributed by atoms with Gasteiger partial charge in [0.15, 0.2) is 8.32 Å². The standard InChI is InChI=1S/C25H38O4Si/c1-25(2,3)30(6,7)29-23-10-8-9-17-11-12-21(22(16-26)24(17)23)18-13-19(27-4)15-20(14-18)28-5/h11-17,21-24H,8-10H2,1-7H3/t17-,21-,22+,23+,24+/m1/s1. The molecule has 0 unspecified atom stereocenters. The quantitative estimate of drug-likeness (QED) is 0.316. The summed E-state index contributed by atoms with van der Waals surface area (Å²) < 4.78 is 17.9. The highest BCUT2D eigenvalue weighted by Crippen LogP contribution is 2.49. The van der Waals surface area contributed by atoms with Crippen molar-refractivity contribution in [1.82, 2.24) is 0 Å². The number of carbonyl (C=O) groups excluding carboxylic acids is 1. The van der Waals surface area contributed by atoms with E-state index in [4.69, 9.17) is 13.9 Å². The molecular weight excluding hydrogens is 392 g/mol. The number of fused-ring (bicyclic) bond motifs is 1. The normalized spacial score (nSPS) is 29.2. The first-order chi connectivity index (χ1) is 14.1. The third-order valence-corrected chi connectivity index (χ3v) is 12.0. The van der Waals surface area contributed by atoms with E-state index >= 15 is 0 Å². The average Bonchev–Trinajstić information content (AvgIpc) is 2.71. The number of allylic oxidation sites excluding steroid dienone is 2. The number of aldehydes is 1. The lowest BCUT2D eigenvalue weighted by molar-refractivity contribution is -0.116. The monoisotopic (exact) mass is 430 g/mol. The van der Waals surface area contributed by atoms with E-state index in [9.17, 15) is 4.79 Å². The number of ether oxygens (including phenoxy) is 2. The van der Waals surface area contributed by atoms with Crippen LogP contribution in [0.25, 0.3) is 0 Å². The van der Waals surface area contributed by atoms with E-state index in [1.807, 2.05) is 18.2 Å². The van der Waals surface area contributed by atoms with Crippen LogP contribution in [0.4, 0.5) is 0 Å². The van der Waals surface area contributed by atoms with Crippen LogP contribution in [0.5, 0.6) is 11.5 Å².